The second kappa shape index (κ2) is 12.8. The summed E-state index contributed by atoms with van der Waals surface area (Å²) in [6.45, 7) is 4.81. The van der Waals surface area contributed by atoms with Crippen LogP contribution in [0.5, 0.6) is 5.75 Å². The Hall–Kier alpha value is -4.14. The van der Waals surface area contributed by atoms with Gasteiger partial charge < -0.3 is 23.5 Å². The van der Waals surface area contributed by atoms with Crippen LogP contribution in [0.4, 0.5) is 0 Å². The number of para-hydroxylation sites is 1. The number of hydrogen-bond donors (Lipinski definition) is 1. The van der Waals surface area contributed by atoms with E-state index in [-0.39, 0.29) is 5.97 Å². The molecule has 0 unspecified atom stereocenters. The zero-order valence-corrected chi connectivity index (χ0v) is 24.3. The van der Waals surface area contributed by atoms with Crippen LogP contribution in [0.1, 0.15) is 53.6 Å². The lowest BCUT2D eigenvalue weighted by atomic mass is 9.98. The molecule has 0 saturated carbocycles. The molecular weight excluding hydrogens is 530 g/mol. The van der Waals surface area contributed by atoms with E-state index in [1.54, 1.807) is 7.11 Å². The molecular formula is C34H37N3O5. The second-order valence-electron chi connectivity index (χ2n) is 10.5. The summed E-state index contributed by atoms with van der Waals surface area (Å²) >= 11 is 0. The number of rotatable bonds is 9. The Balaban J connectivity index is 1.41. The number of aromatic amines is 1. The van der Waals surface area contributed by atoms with Crippen molar-refractivity contribution in [3.63, 3.8) is 0 Å². The Labute approximate surface area is 245 Å². The van der Waals surface area contributed by atoms with E-state index in [2.05, 4.69) is 51.2 Å². The zero-order valence-electron chi connectivity index (χ0n) is 24.3. The standard InChI is InChI=1S/C34H37N3O5/c1-3-41-34(38)33-26(16-10-20-42-30-17-8-12-23-11-4-5-13-24(23)30)25-14-9-15-27-31-28(21-39-2)35-36-29(31)22-40-19-7-6-18-37(33)32(25)27/h4-5,8-9,11-15,17H,3,6-7,10,16,18-22H2,1-2H3,(H,35,36). The fourth-order valence-corrected chi connectivity index (χ4v) is 6.08. The highest BCUT2D eigenvalue weighted by molar-refractivity contribution is 6.05. The number of benzene rings is 3. The maximum Gasteiger partial charge on any atom is 0.355 e. The third-order valence-electron chi connectivity index (χ3n) is 7.87. The number of hydrogen-bond acceptors (Lipinski definition) is 6. The SMILES string of the molecule is CCOC(=O)c1c(CCCOc2cccc3ccccc23)c2cccc3c2n1CCCCOCc1n[nH]c(COC)c1-3. The van der Waals surface area contributed by atoms with Crippen LogP contribution in [0, 0.1) is 0 Å². The summed E-state index contributed by atoms with van der Waals surface area (Å²) in [5.41, 5.74) is 6.36. The number of fused-ring (bicyclic) bond motifs is 3. The maximum atomic E-state index is 13.6. The van der Waals surface area contributed by atoms with Crippen LogP contribution in [0.15, 0.2) is 60.7 Å². The van der Waals surface area contributed by atoms with Crippen LogP contribution in [0.25, 0.3) is 32.8 Å². The highest BCUT2D eigenvalue weighted by Gasteiger charge is 2.28. The summed E-state index contributed by atoms with van der Waals surface area (Å²) in [5, 5.41) is 11.1. The minimum atomic E-state index is -0.291. The highest BCUT2D eigenvalue weighted by Crippen LogP contribution is 2.39. The molecule has 0 amide bonds. The van der Waals surface area contributed by atoms with Crippen LogP contribution in [-0.4, -0.2) is 47.7 Å². The lowest BCUT2D eigenvalue weighted by Crippen LogP contribution is -2.15. The number of methoxy groups -OCH3 is 1. The summed E-state index contributed by atoms with van der Waals surface area (Å²) in [6, 6.07) is 20.6. The quantitative estimate of drug-likeness (QED) is 0.155. The summed E-state index contributed by atoms with van der Waals surface area (Å²) in [4.78, 5) is 13.6. The van der Waals surface area contributed by atoms with Crippen LogP contribution >= 0.6 is 0 Å². The van der Waals surface area contributed by atoms with Crippen molar-refractivity contribution in [1.82, 2.24) is 14.8 Å². The lowest BCUT2D eigenvalue weighted by molar-refractivity contribution is 0.0512. The largest absolute Gasteiger partial charge is 0.493 e. The van der Waals surface area contributed by atoms with Gasteiger partial charge in [-0.2, -0.15) is 5.10 Å². The van der Waals surface area contributed by atoms with Crippen molar-refractivity contribution in [2.24, 2.45) is 0 Å². The van der Waals surface area contributed by atoms with Gasteiger partial charge in [0.15, 0.2) is 0 Å². The van der Waals surface area contributed by atoms with E-state index in [4.69, 9.17) is 18.9 Å². The number of aryl methyl sites for hydroxylation is 2. The molecule has 1 aliphatic heterocycles. The zero-order chi connectivity index (χ0) is 28.9. The van der Waals surface area contributed by atoms with Gasteiger partial charge in [0.25, 0.3) is 0 Å². The number of aromatic nitrogens is 3. The van der Waals surface area contributed by atoms with Gasteiger partial charge >= 0.3 is 5.97 Å². The van der Waals surface area contributed by atoms with Crippen LogP contribution < -0.4 is 4.74 Å². The van der Waals surface area contributed by atoms with Crippen molar-refractivity contribution in [3.8, 4) is 16.9 Å². The van der Waals surface area contributed by atoms with Crippen molar-refractivity contribution < 1.29 is 23.7 Å². The van der Waals surface area contributed by atoms with E-state index in [0.29, 0.717) is 51.7 Å². The van der Waals surface area contributed by atoms with Crippen molar-refractivity contribution in [2.45, 2.75) is 52.4 Å². The molecule has 0 aliphatic carbocycles. The fraction of sp³-hybridized carbons (Fsp3) is 0.353. The molecule has 0 fully saturated rings. The Morgan fingerprint density at radius 1 is 1.05 bits per heavy atom. The number of ether oxygens (including phenoxy) is 4. The van der Waals surface area contributed by atoms with Gasteiger partial charge in [0.2, 0.25) is 0 Å². The van der Waals surface area contributed by atoms with Crippen LogP contribution in [0.3, 0.4) is 0 Å². The summed E-state index contributed by atoms with van der Waals surface area (Å²) in [5.74, 6) is 0.582. The minimum Gasteiger partial charge on any atom is -0.493 e. The maximum absolute atomic E-state index is 13.6. The molecule has 0 radical (unpaired) electrons. The van der Waals surface area contributed by atoms with Crippen molar-refractivity contribution in [1.29, 1.82) is 0 Å². The third kappa shape index (κ3) is 5.40. The third-order valence-corrected chi connectivity index (χ3v) is 7.87. The molecule has 8 nitrogen and oxygen atoms in total. The molecule has 8 heteroatoms. The Kier molecular flexibility index (Phi) is 8.53. The van der Waals surface area contributed by atoms with Crippen LogP contribution in [-0.2, 0) is 40.4 Å². The highest BCUT2D eigenvalue weighted by atomic mass is 16.5. The first-order valence-electron chi connectivity index (χ1n) is 14.8. The molecule has 0 saturated heterocycles. The molecule has 0 spiro atoms. The number of nitrogens with zero attached hydrogens (tertiary/aromatic N) is 2. The second-order valence-corrected chi connectivity index (χ2v) is 10.5. The number of carbonyl (C=O) groups excluding carboxylic acids is 1. The van der Waals surface area contributed by atoms with E-state index in [9.17, 15) is 4.79 Å². The molecule has 2 aromatic heterocycles. The van der Waals surface area contributed by atoms with Gasteiger partial charge in [-0.3, -0.25) is 5.10 Å². The average Bonchev–Trinajstić information content (AvgIpc) is 3.54. The number of carbonyl (C=O) groups is 1. The van der Waals surface area contributed by atoms with Crippen molar-refractivity contribution in [2.75, 3.05) is 26.9 Å². The molecule has 0 atom stereocenters. The molecule has 3 aromatic carbocycles. The summed E-state index contributed by atoms with van der Waals surface area (Å²) < 4.78 is 25.6. The lowest BCUT2D eigenvalue weighted by Gasteiger charge is -2.13. The smallest absolute Gasteiger partial charge is 0.355 e. The summed E-state index contributed by atoms with van der Waals surface area (Å²) in [6.07, 6.45) is 3.18. The Bertz CT molecular complexity index is 1700. The first-order chi connectivity index (χ1) is 20.7. The van der Waals surface area contributed by atoms with E-state index in [0.717, 1.165) is 74.8 Å². The first-order valence-corrected chi connectivity index (χ1v) is 14.8. The average molecular weight is 568 g/mol. The Morgan fingerprint density at radius 2 is 1.88 bits per heavy atom. The van der Waals surface area contributed by atoms with Crippen molar-refractivity contribution in [3.05, 3.63) is 83.3 Å². The van der Waals surface area contributed by atoms with E-state index >= 15 is 0 Å². The summed E-state index contributed by atoms with van der Waals surface area (Å²) in [7, 11) is 1.68. The molecule has 3 heterocycles. The first kappa shape index (κ1) is 28.0. The van der Waals surface area contributed by atoms with Gasteiger partial charge in [-0.1, -0.05) is 54.6 Å². The molecule has 5 aromatic rings. The topological polar surface area (TPSA) is 87.6 Å². The van der Waals surface area contributed by atoms with Gasteiger partial charge in [-0.15, -0.1) is 0 Å². The number of nitrogens with one attached hydrogen (secondary N) is 1. The fourth-order valence-electron chi connectivity index (χ4n) is 6.08. The minimum absolute atomic E-state index is 0.291. The molecule has 42 heavy (non-hydrogen) atoms. The molecule has 6 rings (SSSR count). The molecule has 218 valence electrons. The van der Waals surface area contributed by atoms with Crippen molar-refractivity contribution >= 4 is 27.6 Å². The molecule has 1 aliphatic rings. The molecule has 0 bridgehead atoms. The van der Waals surface area contributed by atoms with Gasteiger partial charge in [0.05, 0.1) is 43.3 Å². The van der Waals surface area contributed by atoms with E-state index < -0.39 is 0 Å². The normalized spacial score (nSPS) is 13.6. The van der Waals surface area contributed by atoms with Gasteiger partial charge in [-0.25, -0.2) is 4.79 Å². The number of H-pyrrole nitrogens is 1. The van der Waals surface area contributed by atoms with Gasteiger partial charge in [0, 0.05) is 42.2 Å². The van der Waals surface area contributed by atoms with E-state index in [1.807, 2.05) is 31.2 Å². The molecule has 1 N–H and O–H groups in total. The van der Waals surface area contributed by atoms with Gasteiger partial charge in [0.1, 0.15) is 11.4 Å². The van der Waals surface area contributed by atoms with Crippen LogP contribution in [0.2, 0.25) is 0 Å². The predicted molar refractivity (Wildman–Crippen MR) is 163 cm³/mol. The Morgan fingerprint density at radius 3 is 2.76 bits per heavy atom. The van der Waals surface area contributed by atoms with E-state index in [1.165, 1.54) is 0 Å². The number of esters is 1. The monoisotopic (exact) mass is 567 g/mol. The van der Waals surface area contributed by atoms with Gasteiger partial charge in [-0.05, 0) is 49.6 Å². The predicted octanol–water partition coefficient (Wildman–Crippen LogP) is 6.83.